The second-order valence-corrected chi connectivity index (χ2v) is 5.52. The maximum atomic E-state index is 12.0. The molecule has 6 heteroatoms. The van der Waals surface area contributed by atoms with E-state index in [1.807, 2.05) is 11.3 Å². The highest BCUT2D eigenvalue weighted by atomic mass is 32.1. The van der Waals surface area contributed by atoms with Crippen molar-refractivity contribution in [1.82, 2.24) is 19.5 Å². The topological polar surface area (TPSA) is 50.5 Å². The van der Waals surface area contributed by atoms with Crippen molar-refractivity contribution in [3.8, 4) is 0 Å². The molecular weight excluding hydrogens is 236 g/mol. The molecule has 2 rings (SSSR count). The van der Waals surface area contributed by atoms with Crippen LogP contribution in [0.1, 0.15) is 41.0 Å². The smallest absolute Gasteiger partial charge is 0.265 e. The fraction of sp³-hybridized carbons (Fsp3) is 0.545. The lowest BCUT2D eigenvalue weighted by Gasteiger charge is -2.09. The SMILES string of the molecule is Cc1c(C(=O)N(C)C)sc2nnc(C(C)C)n12. The molecule has 0 aliphatic heterocycles. The minimum absolute atomic E-state index is 0.0210. The average Bonchev–Trinajstić information content (AvgIpc) is 2.78. The van der Waals surface area contributed by atoms with Gasteiger partial charge in [0.2, 0.25) is 4.96 Å². The normalized spacial score (nSPS) is 11.4. The highest BCUT2D eigenvalue weighted by molar-refractivity contribution is 7.19. The van der Waals surface area contributed by atoms with Crippen molar-refractivity contribution < 1.29 is 4.79 Å². The molecule has 0 aliphatic rings. The number of amides is 1. The third-order valence-electron chi connectivity index (χ3n) is 2.63. The molecule has 0 atom stereocenters. The molecule has 17 heavy (non-hydrogen) atoms. The van der Waals surface area contributed by atoms with Crippen LogP contribution >= 0.6 is 11.3 Å². The lowest BCUT2D eigenvalue weighted by atomic mass is 10.2. The first-order chi connectivity index (χ1) is 7.93. The Morgan fingerprint density at radius 3 is 2.53 bits per heavy atom. The zero-order valence-electron chi connectivity index (χ0n) is 10.7. The highest BCUT2D eigenvalue weighted by Crippen LogP contribution is 2.26. The van der Waals surface area contributed by atoms with Crippen LogP contribution in [0.25, 0.3) is 4.96 Å². The van der Waals surface area contributed by atoms with Crippen LogP contribution in [-0.2, 0) is 0 Å². The van der Waals surface area contributed by atoms with Crippen molar-refractivity contribution in [2.45, 2.75) is 26.7 Å². The van der Waals surface area contributed by atoms with Gasteiger partial charge >= 0.3 is 0 Å². The van der Waals surface area contributed by atoms with Crippen molar-refractivity contribution in [1.29, 1.82) is 0 Å². The third kappa shape index (κ3) is 1.82. The summed E-state index contributed by atoms with van der Waals surface area (Å²) in [5, 5.41) is 8.28. The minimum Gasteiger partial charge on any atom is -0.344 e. The second kappa shape index (κ2) is 4.10. The van der Waals surface area contributed by atoms with E-state index in [9.17, 15) is 4.79 Å². The summed E-state index contributed by atoms with van der Waals surface area (Å²) in [5.74, 6) is 1.22. The number of rotatable bonds is 2. The maximum absolute atomic E-state index is 12.0. The van der Waals surface area contributed by atoms with Gasteiger partial charge in [0.25, 0.3) is 5.91 Å². The summed E-state index contributed by atoms with van der Waals surface area (Å²) in [5.41, 5.74) is 0.928. The summed E-state index contributed by atoms with van der Waals surface area (Å²) >= 11 is 1.40. The summed E-state index contributed by atoms with van der Waals surface area (Å²) in [6.07, 6.45) is 0. The second-order valence-electron chi connectivity index (χ2n) is 4.55. The Kier molecular flexibility index (Phi) is 2.91. The van der Waals surface area contributed by atoms with Crippen LogP contribution in [0.3, 0.4) is 0 Å². The van der Waals surface area contributed by atoms with Crippen molar-refractivity contribution >= 4 is 22.2 Å². The lowest BCUT2D eigenvalue weighted by molar-refractivity contribution is 0.0831. The molecule has 0 fully saturated rings. The van der Waals surface area contributed by atoms with E-state index in [0.29, 0.717) is 5.92 Å². The average molecular weight is 252 g/mol. The van der Waals surface area contributed by atoms with Gasteiger partial charge in [-0.2, -0.15) is 0 Å². The number of aryl methyl sites for hydroxylation is 1. The molecule has 0 unspecified atom stereocenters. The number of carbonyl (C=O) groups is 1. The fourth-order valence-corrected chi connectivity index (χ4v) is 2.80. The van der Waals surface area contributed by atoms with Gasteiger partial charge in [-0.1, -0.05) is 25.2 Å². The summed E-state index contributed by atoms with van der Waals surface area (Å²) in [7, 11) is 3.51. The van der Waals surface area contributed by atoms with Crippen LogP contribution in [0.5, 0.6) is 0 Å². The van der Waals surface area contributed by atoms with Crippen molar-refractivity contribution in [2.75, 3.05) is 14.1 Å². The molecule has 0 aromatic carbocycles. The molecule has 2 aromatic rings. The van der Waals surface area contributed by atoms with E-state index in [2.05, 4.69) is 24.0 Å². The summed E-state index contributed by atoms with van der Waals surface area (Å²) in [6.45, 7) is 6.08. The van der Waals surface area contributed by atoms with Crippen LogP contribution in [-0.4, -0.2) is 39.5 Å². The molecule has 0 spiro atoms. The van der Waals surface area contributed by atoms with Crippen molar-refractivity contribution in [2.24, 2.45) is 0 Å². The fourth-order valence-electron chi connectivity index (χ4n) is 1.70. The van der Waals surface area contributed by atoms with Gasteiger partial charge in [0, 0.05) is 25.7 Å². The van der Waals surface area contributed by atoms with Crippen LogP contribution in [0.15, 0.2) is 0 Å². The molecule has 0 aliphatic carbocycles. The highest BCUT2D eigenvalue weighted by Gasteiger charge is 2.21. The zero-order valence-corrected chi connectivity index (χ0v) is 11.5. The first kappa shape index (κ1) is 12.0. The molecule has 0 radical (unpaired) electrons. The molecule has 5 nitrogen and oxygen atoms in total. The minimum atomic E-state index is 0.0210. The maximum Gasteiger partial charge on any atom is 0.265 e. The number of nitrogens with zero attached hydrogens (tertiary/aromatic N) is 4. The van der Waals surface area contributed by atoms with Gasteiger partial charge in [0.1, 0.15) is 10.7 Å². The van der Waals surface area contributed by atoms with E-state index >= 15 is 0 Å². The Morgan fingerprint density at radius 1 is 1.35 bits per heavy atom. The van der Waals surface area contributed by atoms with Crippen LogP contribution < -0.4 is 0 Å². The largest absolute Gasteiger partial charge is 0.344 e. The van der Waals surface area contributed by atoms with E-state index in [4.69, 9.17) is 0 Å². The van der Waals surface area contributed by atoms with Gasteiger partial charge in [-0.05, 0) is 6.92 Å². The van der Waals surface area contributed by atoms with E-state index in [0.717, 1.165) is 21.4 Å². The monoisotopic (exact) mass is 252 g/mol. The van der Waals surface area contributed by atoms with E-state index in [1.165, 1.54) is 11.3 Å². The summed E-state index contributed by atoms with van der Waals surface area (Å²) in [6, 6.07) is 0. The number of carbonyl (C=O) groups excluding carboxylic acids is 1. The van der Waals surface area contributed by atoms with Crippen LogP contribution in [0, 0.1) is 6.92 Å². The number of thiazole rings is 1. The van der Waals surface area contributed by atoms with Crippen LogP contribution in [0.4, 0.5) is 0 Å². The summed E-state index contributed by atoms with van der Waals surface area (Å²) in [4.78, 5) is 15.1. The third-order valence-corrected chi connectivity index (χ3v) is 3.75. The predicted octanol–water partition coefficient (Wildman–Crippen LogP) is 1.92. The first-order valence-corrected chi connectivity index (χ1v) is 6.31. The Labute approximate surface area is 104 Å². The van der Waals surface area contributed by atoms with Gasteiger partial charge in [-0.15, -0.1) is 10.2 Å². The van der Waals surface area contributed by atoms with Gasteiger partial charge in [-0.25, -0.2) is 0 Å². The van der Waals surface area contributed by atoms with Crippen LogP contribution in [0.2, 0.25) is 0 Å². The Morgan fingerprint density at radius 2 is 2.00 bits per heavy atom. The van der Waals surface area contributed by atoms with Gasteiger partial charge in [0.05, 0.1) is 0 Å². The van der Waals surface area contributed by atoms with Gasteiger partial charge < -0.3 is 4.90 Å². The van der Waals surface area contributed by atoms with Crippen molar-refractivity contribution in [3.05, 3.63) is 16.4 Å². The number of fused-ring (bicyclic) bond motifs is 1. The standard InChI is InChI=1S/C11H16N4OS/c1-6(2)9-12-13-11-15(9)7(3)8(17-11)10(16)14(4)5/h6H,1-5H3. The van der Waals surface area contributed by atoms with E-state index in [1.54, 1.807) is 19.0 Å². The Balaban J connectivity index is 2.62. The molecule has 2 heterocycles. The molecule has 0 saturated heterocycles. The predicted molar refractivity (Wildman–Crippen MR) is 67.7 cm³/mol. The van der Waals surface area contributed by atoms with E-state index < -0.39 is 0 Å². The Hall–Kier alpha value is -1.43. The Bertz CT molecular complexity index is 567. The lowest BCUT2D eigenvalue weighted by Crippen LogP contribution is -2.21. The molecule has 2 aromatic heterocycles. The molecule has 1 amide bonds. The zero-order chi connectivity index (χ0) is 12.7. The van der Waals surface area contributed by atoms with Gasteiger partial charge in [-0.3, -0.25) is 9.20 Å². The number of aromatic nitrogens is 3. The summed E-state index contributed by atoms with van der Waals surface area (Å²) < 4.78 is 1.98. The van der Waals surface area contributed by atoms with Gasteiger partial charge in [0.15, 0.2) is 0 Å². The number of hydrogen-bond donors (Lipinski definition) is 0. The first-order valence-electron chi connectivity index (χ1n) is 5.49. The number of hydrogen-bond acceptors (Lipinski definition) is 4. The van der Waals surface area contributed by atoms with Crippen molar-refractivity contribution in [3.63, 3.8) is 0 Å². The van der Waals surface area contributed by atoms with E-state index in [-0.39, 0.29) is 5.91 Å². The quantitative estimate of drug-likeness (QED) is 0.820. The molecular formula is C11H16N4OS. The molecule has 0 saturated carbocycles. The molecule has 0 N–H and O–H groups in total. The molecule has 0 bridgehead atoms. The molecule has 92 valence electrons.